The lowest BCUT2D eigenvalue weighted by atomic mass is 9.82. The van der Waals surface area contributed by atoms with Crippen molar-refractivity contribution in [1.29, 1.82) is 0 Å². The van der Waals surface area contributed by atoms with Crippen molar-refractivity contribution in [3.63, 3.8) is 0 Å². The Labute approximate surface area is 172 Å². The number of carbonyl (C=O) groups is 2. The summed E-state index contributed by atoms with van der Waals surface area (Å²) in [6, 6.07) is 0. The van der Waals surface area contributed by atoms with E-state index in [1.807, 2.05) is 0 Å². The molecule has 0 aromatic heterocycles. The summed E-state index contributed by atoms with van der Waals surface area (Å²) in [4.78, 5) is 30.3. The molecule has 0 spiro atoms. The third kappa shape index (κ3) is 4.02. The van der Waals surface area contributed by atoms with Crippen molar-refractivity contribution in [3.8, 4) is 0 Å². The van der Waals surface area contributed by atoms with Gasteiger partial charge in [-0.15, -0.1) is 0 Å². The van der Waals surface area contributed by atoms with Crippen LogP contribution in [-0.2, 0) is 9.59 Å². The van der Waals surface area contributed by atoms with E-state index in [4.69, 9.17) is 0 Å². The smallest absolute Gasteiger partial charge is 0.225 e. The maximum atomic E-state index is 12.9. The number of carbonyl (C=O) groups excluding carboxylic acids is 2. The average Bonchev–Trinajstić information content (AvgIpc) is 2.85. The Balaban J connectivity index is 1.85. The highest BCUT2D eigenvalue weighted by Crippen LogP contribution is 2.45. The normalized spacial score (nSPS) is 31.1. The number of ketones is 1. The van der Waals surface area contributed by atoms with Crippen LogP contribution in [0.15, 0.2) is 0 Å². The molecule has 2 rings (SSSR count). The Morgan fingerprint density at radius 2 is 1.25 bits per heavy atom. The van der Waals surface area contributed by atoms with Gasteiger partial charge in [-0.05, 0) is 88.7 Å². The molecular weight excluding hydrogens is 350 g/mol. The lowest BCUT2D eigenvalue weighted by Crippen LogP contribution is -2.49. The van der Waals surface area contributed by atoms with Crippen molar-refractivity contribution in [2.45, 2.75) is 103 Å². The fourth-order valence-electron chi connectivity index (χ4n) is 5.49. The van der Waals surface area contributed by atoms with E-state index in [0.717, 1.165) is 12.8 Å². The number of likely N-dealkylation sites (tertiary alicyclic amines) is 2. The minimum atomic E-state index is -0.159. The van der Waals surface area contributed by atoms with Crippen LogP contribution in [0.5, 0.6) is 0 Å². The van der Waals surface area contributed by atoms with E-state index in [1.165, 1.54) is 0 Å². The summed E-state index contributed by atoms with van der Waals surface area (Å²) in [5.41, 5.74) is -0.208. The molecule has 0 aromatic rings. The zero-order valence-electron chi connectivity index (χ0n) is 19.9. The van der Waals surface area contributed by atoms with Gasteiger partial charge in [-0.2, -0.15) is 0 Å². The molecule has 5 heteroatoms. The van der Waals surface area contributed by atoms with Gasteiger partial charge >= 0.3 is 0 Å². The molecule has 162 valence electrons. The second-order valence-electron chi connectivity index (χ2n) is 11.4. The molecule has 2 unspecified atom stereocenters. The Morgan fingerprint density at radius 3 is 1.64 bits per heavy atom. The second-order valence-corrected chi connectivity index (χ2v) is 11.4. The van der Waals surface area contributed by atoms with Gasteiger partial charge in [0.1, 0.15) is 5.78 Å². The molecule has 2 fully saturated rings. The van der Waals surface area contributed by atoms with Crippen LogP contribution in [0.1, 0.15) is 81.1 Å². The monoisotopic (exact) mass is 393 g/mol. The first-order chi connectivity index (χ1) is 12.5. The van der Waals surface area contributed by atoms with E-state index in [-0.39, 0.29) is 39.9 Å². The van der Waals surface area contributed by atoms with E-state index in [9.17, 15) is 9.59 Å². The highest BCUT2D eigenvalue weighted by atomic mass is 16.2. The third-order valence-electron chi connectivity index (χ3n) is 8.26. The molecule has 5 nitrogen and oxygen atoms in total. The van der Waals surface area contributed by atoms with Gasteiger partial charge in [0.15, 0.2) is 0 Å². The van der Waals surface area contributed by atoms with Gasteiger partial charge in [-0.3, -0.25) is 19.4 Å². The van der Waals surface area contributed by atoms with E-state index in [1.54, 1.807) is 0 Å². The highest BCUT2D eigenvalue weighted by molar-refractivity contribution is 5.83. The minimum Gasteiger partial charge on any atom is -0.356 e. The molecule has 0 saturated carbocycles. The first-order valence-electron chi connectivity index (χ1n) is 10.8. The number of nitrogens with one attached hydrogen (secondary N) is 1. The topological polar surface area (TPSA) is 52.7 Å². The van der Waals surface area contributed by atoms with Gasteiger partial charge in [0.2, 0.25) is 5.91 Å². The molecule has 0 bridgehead atoms. The van der Waals surface area contributed by atoms with Crippen molar-refractivity contribution in [3.05, 3.63) is 0 Å². The SMILES string of the molecule is CN1C(C)(C)CC(C(=O)CCCNC(=O)C2CC(C)(C)N(C)C2(C)C)C1(C)C. The summed E-state index contributed by atoms with van der Waals surface area (Å²) in [7, 11) is 4.23. The van der Waals surface area contributed by atoms with Crippen molar-refractivity contribution < 1.29 is 9.59 Å². The lowest BCUT2D eigenvalue weighted by Gasteiger charge is -2.38. The molecular formula is C23H43N3O2. The predicted octanol–water partition coefficient (Wildman–Crippen LogP) is 3.47. The first kappa shape index (κ1) is 23.3. The fraction of sp³-hybridized carbons (Fsp3) is 0.913. The average molecular weight is 394 g/mol. The van der Waals surface area contributed by atoms with Gasteiger partial charge < -0.3 is 5.32 Å². The molecule has 0 radical (unpaired) electrons. The molecule has 2 saturated heterocycles. The Kier molecular flexibility index (Phi) is 6.16. The number of hydrogen-bond acceptors (Lipinski definition) is 4. The Morgan fingerprint density at radius 1 is 0.821 bits per heavy atom. The molecule has 1 amide bonds. The zero-order valence-corrected chi connectivity index (χ0v) is 19.9. The van der Waals surface area contributed by atoms with Crippen molar-refractivity contribution in [2.24, 2.45) is 11.8 Å². The van der Waals surface area contributed by atoms with Gasteiger partial charge in [0, 0.05) is 41.0 Å². The molecule has 2 aliphatic heterocycles. The lowest BCUT2D eigenvalue weighted by molar-refractivity contribution is -0.128. The minimum absolute atomic E-state index is 0.0218. The fourth-order valence-corrected chi connectivity index (χ4v) is 5.49. The van der Waals surface area contributed by atoms with Crippen molar-refractivity contribution >= 4 is 11.7 Å². The maximum absolute atomic E-state index is 12.9. The highest BCUT2D eigenvalue weighted by Gasteiger charge is 2.53. The van der Waals surface area contributed by atoms with Crippen molar-refractivity contribution in [1.82, 2.24) is 15.1 Å². The summed E-state index contributed by atoms with van der Waals surface area (Å²) in [6.07, 6.45) is 3.02. The van der Waals surface area contributed by atoms with Crippen LogP contribution in [0.3, 0.4) is 0 Å². The van der Waals surface area contributed by atoms with Gasteiger partial charge in [0.05, 0.1) is 5.92 Å². The standard InChI is InChI=1S/C23H43N3O2/c1-20(2)14-16(22(5,6)25(20)9)18(27)12-11-13-24-19(28)17-15-21(3,4)26(10)23(17,7)8/h16-17H,11-15H2,1-10H3,(H,24,28). The third-order valence-corrected chi connectivity index (χ3v) is 8.26. The van der Waals surface area contributed by atoms with E-state index in [0.29, 0.717) is 25.2 Å². The molecule has 0 aromatic carbocycles. The Bertz CT molecular complexity index is 567. The molecule has 1 N–H and O–H groups in total. The number of nitrogens with zero attached hydrogens (tertiary/aromatic N) is 2. The summed E-state index contributed by atoms with van der Waals surface area (Å²) in [6.45, 7) is 18.0. The summed E-state index contributed by atoms with van der Waals surface area (Å²) < 4.78 is 0. The van der Waals surface area contributed by atoms with Gasteiger partial charge in [-0.25, -0.2) is 0 Å². The van der Waals surface area contributed by atoms with Crippen LogP contribution in [-0.4, -0.2) is 64.3 Å². The van der Waals surface area contributed by atoms with E-state index in [2.05, 4.69) is 84.6 Å². The molecule has 0 aliphatic carbocycles. The molecule has 2 heterocycles. The quantitative estimate of drug-likeness (QED) is 0.702. The van der Waals surface area contributed by atoms with E-state index >= 15 is 0 Å². The van der Waals surface area contributed by atoms with Gasteiger partial charge in [-0.1, -0.05) is 0 Å². The summed E-state index contributed by atoms with van der Waals surface area (Å²) in [5.74, 6) is 0.494. The molecule has 2 aliphatic rings. The van der Waals surface area contributed by atoms with Crippen LogP contribution >= 0.6 is 0 Å². The zero-order chi connectivity index (χ0) is 21.7. The molecule has 2 atom stereocenters. The first-order valence-corrected chi connectivity index (χ1v) is 10.8. The van der Waals surface area contributed by atoms with Crippen molar-refractivity contribution in [2.75, 3.05) is 20.6 Å². The number of amides is 1. The van der Waals surface area contributed by atoms with Crippen LogP contribution in [0.25, 0.3) is 0 Å². The maximum Gasteiger partial charge on any atom is 0.225 e. The number of Topliss-reactive ketones (excluding diaryl/α,β-unsaturated/α-hetero) is 1. The second kappa shape index (κ2) is 7.39. The van der Waals surface area contributed by atoms with Crippen LogP contribution in [0.4, 0.5) is 0 Å². The summed E-state index contributed by atoms with van der Waals surface area (Å²) in [5, 5.41) is 3.10. The van der Waals surface area contributed by atoms with Gasteiger partial charge in [0.25, 0.3) is 0 Å². The summed E-state index contributed by atoms with van der Waals surface area (Å²) >= 11 is 0. The molecule has 28 heavy (non-hydrogen) atoms. The van der Waals surface area contributed by atoms with E-state index < -0.39 is 0 Å². The number of rotatable bonds is 6. The Hall–Kier alpha value is -0.940. The predicted molar refractivity (Wildman–Crippen MR) is 115 cm³/mol. The van der Waals surface area contributed by atoms with Crippen LogP contribution in [0.2, 0.25) is 0 Å². The number of hydrogen-bond donors (Lipinski definition) is 1. The van der Waals surface area contributed by atoms with Crippen LogP contribution < -0.4 is 5.32 Å². The van der Waals surface area contributed by atoms with Crippen LogP contribution in [0, 0.1) is 11.8 Å². The largest absolute Gasteiger partial charge is 0.356 e.